The van der Waals surface area contributed by atoms with E-state index < -0.39 is 30.0 Å². The van der Waals surface area contributed by atoms with Gasteiger partial charge in [-0.3, -0.25) is 9.11 Å². The minimum Gasteiger partial charge on any atom is -0.467 e. The number of ether oxygens (including phenoxy) is 3. The Balaban J connectivity index is 1.43. The Labute approximate surface area is 303 Å². The fraction of sp³-hybridized carbons (Fsp3) is 0.333. The molecule has 5 rings (SSSR count). The normalized spacial score (nSPS) is 13.6. The molecular weight excluding hydrogens is 741 g/mol. The van der Waals surface area contributed by atoms with Crippen molar-refractivity contribution >= 4 is 67.6 Å². The molecule has 0 atom stereocenters. The zero-order valence-corrected chi connectivity index (χ0v) is 29.9. The van der Waals surface area contributed by atoms with Crippen LogP contribution in [-0.2, 0) is 25.0 Å². The van der Waals surface area contributed by atoms with Crippen LogP contribution in [0.25, 0.3) is 12.2 Å². The number of nitrogens with zero attached hydrogens (tertiary/aromatic N) is 8. The van der Waals surface area contributed by atoms with Gasteiger partial charge in [-0.25, -0.2) is 0 Å². The van der Waals surface area contributed by atoms with Crippen molar-refractivity contribution in [2.24, 2.45) is 0 Å². The van der Waals surface area contributed by atoms with Gasteiger partial charge >= 0.3 is 12.0 Å². The average Bonchev–Trinajstić information content (AvgIpc) is 3.13. The van der Waals surface area contributed by atoms with Crippen LogP contribution < -0.4 is 29.9 Å². The Morgan fingerprint density at radius 1 is 0.755 bits per heavy atom. The highest BCUT2D eigenvalue weighted by atomic mass is 32.2. The van der Waals surface area contributed by atoms with Crippen molar-refractivity contribution in [3.8, 4) is 12.0 Å². The van der Waals surface area contributed by atoms with Gasteiger partial charge in [0.15, 0.2) is 0 Å². The minimum absolute atomic E-state index is 0.00919. The van der Waals surface area contributed by atoms with Crippen LogP contribution in [0.3, 0.4) is 0 Å². The maximum absolute atomic E-state index is 12.5. The quantitative estimate of drug-likeness (QED) is 0.0679. The summed E-state index contributed by atoms with van der Waals surface area (Å²) in [5, 5.41) is 24.5. The topological polar surface area (TPSA) is 285 Å². The predicted molar refractivity (Wildman–Crippen MR) is 190 cm³/mol. The molecule has 6 N–H and O–H groups in total. The predicted octanol–water partition coefficient (Wildman–Crippen LogP) is 0.852. The molecule has 0 radical (unpaired) electrons. The van der Waals surface area contributed by atoms with Crippen LogP contribution in [-0.4, -0.2) is 133 Å². The lowest BCUT2D eigenvalue weighted by atomic mass is 10.1. The lowest BCUT2D eigenvalue weighted by Crippen LogP contribution is -2.37. The summed E-state index contributed by atoms with van der Waals surface area (Å²) in [5.74, 6) is 0.317. The summed E-state index contributed by atoms with van der Waals surface area (Å²) in [6.07, 6.45) is 2.48. The van der Waals surface area contributed by atoms with Gasteiger partial charge in [0.05, 0.1) is 40.6 Å². The molecule has 23 heteroatoms. The molecule has 1 aliphatic rings. The van der Waals surface area contributed by atoms with E-state index in [-0.39, 0.29) is 78.7 Å². The van der Waals surface area contributed by atoms with Crippen LogP contribution >= 0.6 is 0 Å². The van der Waals surface area contributed by atoms with Gasteiger partial charge in [-0.1, -0.05) is 24.3 Å². The second-order valence-corrected chi connectivity index (χ2v) is 13.7. The molecule has 0 aliphatic carbocycles. The number of benzene rings is 2. The summed E-state index contributed by atoms with van der Waals surface area (Å²) in [6, 6.07) is 7.72. The second kappa shape index (κ2) is 17.0. The Hall–Kier alpha value is -5.30. The van der Waals surface area contributed by atoms with E-state index in [4.69, 9.17) is 14.2 Å². The first-order valence-electron chi connectivity index (χ1n) is 15.7. The number of hydrogen-bond acceptors (Lipinski definition) is 19. The Morgan fingerprint density at radius 3 is 1.72 bits per heavy atom. The first kappa shape index (κ1) is 38.9. The number of anilines is 6. The maximum atomic E-state index is 12.5. The molecule has 1 fully saturated rings. The van der Waals surface area contributed by atoms with Crippen molar-refractivity contribution < 1.29 is 50.4 Å². The first-order valence-corrected chi connectivity index (χ1v) is 18.5. The Morgan fingerprint density at radius 2 is 1.25 bits per heavy atom. The molecular formula is C30H36N10O11S2. The molecule has 0 amide bonds. The molecule has 2 aromatic heterocycles. The number of morpholine rings is 1. The van der Waals surface area contributed by atoms with E-state index in [1.165, 1.54) is 55.5 Å². The number of aromatic nitrogens is 6. The van der Waals surface area contributed by atoms with Crippen LogP contribution in [0.1, 0.15) is 11.1 Å². The molecule has 284 valence electrons. The molecule has 4 aromatic rings. The van der Waals surface area contributed by atoms with E-state index in [2.05, 4.69) is 40.5 Å². The van der Waals surface area contributed by atoms with Gasteiger partial charge in [-0.2, -0.15) is 46.7 Å². The van der Waals surface area contributed by atoms with Crippen molar-refractivity contribution in [1.82, 2.24) is 29.9 Å². The van der Waals surface area contributed by atoms with Gasteiger partial charge in [0.25, 0.3) is 20.2 Å². The number of rotatable bonds is 16. The highest BCUT2D eigenvalue weighted by molar-refractivity contribution is 7.86. The van der Waals surface area contributed by atoms with Crippen molar-refractivity contribution in [3.05, 3.63) is 47.5 Å². The standard InChI is InChI=1S/C30H36N10O11S2/c1-49-29-35-25(33-27(37-29)39(9-13-41)10-14-42)31-21-7-5-19(23(17-21)52(43,44)45)3-4-20-6-8-22(18-24(20)53(46,47)48)32-26-34-28(38-30(36-26)50-2)40-11-15-51-16-12-40/h3-8,17-18,41-42H,9-16H2,1-2H3,(H,43,44,45)(H,46,47,48)(H,31,33,35,37)(H,32,34,36,38). The van der Waals surface area contributed by atoms with Gasteiger partial charge in [0.1, 0.15) is 9.79 Å². The third kappa shape index (κ3) is 10.2. The molecule has 0 spiro atoms. The fourth-order valence-electron chi connectivity index (χ4n) is 4.97. The molecule has 1 saturated heterocycles. The summed E-state index contributed by atoms with van der Waals surface area (Å²) in [5.41, 5.74) is 0.231. The summed E-state index contributed by atoms with van der Waals surface area (Å²) in [7, 11) is -6.97. The monoisotopic (exact) mass is 776 g/mol. The summed E-state index contributed by atoms with van der Waals surface area (Å²) in [6.45, 7) is 1.67. The second-order valence-electron chi connectivity index (χ2n) is 11.0. The van der Waals surface area contributed by atoms with Crippen molar-refractivity contribution in [2.45, 2.75) is 9.79 Å². The highest BCUT2D eigenvalue weighted by Gasteiger charge is 2.21. The van der Waals surface area contributed by atoms with Crippen LogP contribution in [0.15, 0.2) is 46.2 Å². The van der Waals surface area contributed by atoms with Crippen LogP contribution in [0.2, 0.25) is 0 Å². The van der Waals surface area contributed by atoms with Crippen molar-refractivity contribution in [3.63, 3.8) is 0 Å². The SMILES string of the molecule is COc1nc(Nc2ccc(C=Cc3ccc(Nc4nc(OC)nc(N5CCOCC5)n4)cc3S(=O)(=O)O)c(S(=O)(=O)O)c2)nc(N(CCO)CCO)n1. The molecule has 1 aliphatic heterocycles. The molecule has 21 nitrogen and oxygen atoms in total. The third-order valence-corrected chi connectivity index (χ3v) is 9.24. The zero-order valence-electron chi connectivity index (χ0n) is 28.3. The van der Waals surface area contributed by atoms with Crippen molar-refractivity contribution in [2.75, 3.05) is 87.3 Å². The first-order chi connectivity index (χ1) is 25.3. The van der Waals surface area contributed by atoms with E-state index in [0.717, 1.165) is 12.1 Å². The average molecular weight is 777 g/mol. The number of aliphatic hydroxyl groups excluding tert-OH is 2. The molecule has 0 bridgehead atoms. The smallest absolute Gasteiger partial charge is 0.322 e. The van der Waals surface area contributed by atoms with E-state index >= 15 is 0 Å². The van der Waals surface area contributed by atoms with Gasteiger partial charge in [-0.05, 0) is 35.4 Å². The van der Waals surface area contributed by atoms with Gasteiger partial charge < -0.3 is 44.9 Å². The number of nitrogens with one attached hydrogen (secondary N) is 2. The summed E-state index contributed by atoms with van der Waals surface area (Å²) < 4.78 is 85.8. The molecule has 2 aromatic carbocycles. The molecule has 0 saturated carbocycles. The Bertz CT molecular complexity index is 2160. The summed E-state index contributed by atoms with van der Waals surface area (Å²) >= 11 is 0. The largest absolute Gasteiger partial charge is 0.467 e. The number of hydrogen-bond donors (Lipinski definition) is 6. The van der Waals surface area contributed by atoms with E-state index in [9.17, 15) is 36.2 Å². The minimum atomic E-state index is -4.85. The fourth-order valence-corrected chi connectivity index (χ4v) is 6.39. The van der Waals surface area contributed by atoms with Gasteiger partial charge in [0, 0.05) is 37.6 Å². The lowest BCUT2D eigenvalue weighted by Gasteiger charge is -2.26. The molecule has 3 heterocycles. The lowest BCUT2D eigenvalue weighted by molar-refractivity contribution is 0.122. The van der Waals surface area contributed by atoms with Crippen LogP contribution in [0.5, 0.6) is 12.0 Å². The van der Waals surface area contributed by atoms with Gasteiger partial charge in [-0.15, -0.1) is 0 Å². The van der Waals surface area contributed by atoms with Gasteiger partial charge in [0.2, 0.25) is 23.8 Å². The molecule has 53 heavy (non-hydrogen) atoms. The van der Waals surface area contributed by atoms with E-state index in [1.807, 2.05) is 4.90 Å². The van der Waals surface area contributed by atoms with Crippen LogP contribution in [0.4, 0.5) is 35.2 Å². The van der Waals surface area contributed by atoms with Crippen molar-refractivity contribution in [1.29, 1.82) is 0 Å². The number of aliphatic hydroxyl groups is 2. The number of methoxy groups -OCH3 is 2. The van der Waals surface area contributed by atoms with E-state index in [0.29, 0.717) is 32.3 Å². The maximum Gasteiger partial charge on any atom is 0.322 e. The Kier molecular flexibility index (Phi) is 12.5. The summed E-state index contributed by atoms with van der Waals surface area (Å²) in [4.78, 5) is 27.6. The third-order valence-electron chi connectivity index (χ3n) is 7.43. The van der Waals surface area contributed by atoms with E-state index in [1.54, 1.807) is 0 Å². The highest BCUT2D eigenvalue weighted by Crippen LogP contribution is 2.29. The molecule has 0 unspecified atom stereocenters. The zero-order chi connectivity index (χ0) is 38.2. The van der Waals surface area contributed by atoms with Crippen LogP contribution in [0, 0.1) is 0 Å².